The molecule has 0 atom stereocenters. The Labute approximate surface area is 104 Å². The number of pyridine rings is 1. The summed E-state index contributed by atoms with van der Waals surface area (Å²) >= 11 is 12.9. The summed E-state index contributed by atoms with van der Waals surface area (Å²) in [5.74, 6) is 0. The minimum atomic E-state index is 0.638. The first-order valence-electron chi connectivity index (χ1n) is 4.00. The highest BCUT2D eigenvalue weighted by Crippen LogP contribution is 2.34. The van der Waals surface area contributed by atoms with E-state index in [4.69, 9.17) is 11.6 Å². The summed E-state index contributed by atoms with van der Waals surface area (Å²) < 4.78 is 1.89. The lowest BCUT2D eigenvalue weighted by molar-refractivity contribution is 1.37. The van der Waals surface area contributed by atoms with Gasteiger partial charge in [0.1, 0.15) is 0 Å². The van der Waals surface area contributed by atoms with Crippen molar-refractivity contribution in [3.05, 3.63) is 37.9 Å². The maximum Gasteiger partial charge on any atom is 0.0859 e. The molecular weight excluding hydrogens is 329 g/mol. The molecule has 72 valence electrons. The van der Waals surface area contributed by atoms with Crippen LogP contribution in [0.2, 0.25) is 5.02 Å². The Morgan fingerprint density at radius 1 is 1.29 bits per heavy atom. The molecule has 0 saturated heterocycles. The predicted molar refractivity (Wildman–Crippen MR) is 66.9 cm³/mol. The normalized spacial score (nSPS) is 10.9. The highest BCUT2D eigenvalue weighted by Gasteiger charge is 2.09. The molecule has 0 aliphatic heterocycles. The zero-order valence-corrected chi connectivity index (χ0v) is 11.2. The first-order valence-corrected chi connectivity index (χ1v) is 5.96. The molecule has 0 bridgehead atoms. The lowest BCUT2D eigenvalue weighted by atomic mass is 10.1. The molecule has 1 aromatic heterocycles. The summed E-state index contributed by atoms with van der Waals surface area (Å²) in [6, 6.07) is 4.03. The third kappa shape index (κ3) is 1.58. The summed E-state index contributed by atoms with van der Waals surface area (Å²) in [6.07, 6.45) is 1.65. The van der Waals surface area contributed by atoms with Gasteiger partial charge in [-0.3, -0.25) is 4.98 Å². The van der Waals surface area contributed by atoms with Crippen LogP contribution in [0.5, 0.6) is 0 Å². The summed E-state index contributed by atoms with van der Waals surface area (Å²) in [5, 5.41) is 1.70. The molecule has 0 unspecified atom stereocenters. The lowest BCUT2D eigenvalue weighted by Gasteiger charge is -2.06. The van der Waals surface area contributed by atoms with Gasteiger partial charge in [0.05, 0.1) is 10.5 Å². The van der Waals surface area contributed by atoms with Crippen molar-refractivity contribution >= 4 is 54.4 Å². The van der Waals surface area contributed by atoms with Crippen molar-refractivity contribution in [1.82, 2.24) is 4.98 Å². The smallest absolute Gasteiger partial charge is 0.0859 e. The van der Waals surface area contributed by atoms with Crippen LogP contribution in [0.25, 0.3) is 10.9 Å². The van der Waals surface area contributed by atoms with Crippen LogP contribution >= 0.6 is 43.5 Å². The second-order valence-electron chi connectivity index (χ2n) is 3.01. The van der Waals surface area contributed by atoms with Crippen molar-refractivity contribution in [2.75, 3.05) is 0 Å². The molecule has 0 N–H and O–H groups in total. The topological polar surface area (TPSA) is 12.9 Å². The van der Waals surface area contributed by atoms with Gasteiger partial charge in [0, 0.05) is 20.5 Å². The van der Waals surface area contributed by atoms with Gasteiger partial charge in [-0.2, -0.15) is 0 Å². The minimum absolute atomic E-state index is 0.638. The third-order valence-corrected chi connectivity index (χ3v) is 4.05. The molecule has 0 amide bonds. The highest BCUT2D eigenvalue weighted by molar-refractivity contribution is 9.11. The maximum absolute atomic E-state index is 5.99. The monoisotopic (exact) mass is 333 g/mol. The van der Waals surface area contributed by atoms with Crippen molar-refractivity contribution in [2.24, 2.45) is 0 Å². The van der Waals surface area contributed by atoms with Gasteiger partial charge in [0.2, 0.25) is 0 Å². The number of rotatable bonds is 0. The molecule has 0 aliphatic rings. The Morgan fingerprint density at radius 2 is 2.00 bits per heavy atom. The standard InChI is InChI=1S/C10H6Br2ClN/c1-5-2-3-6(11)10-8(5)9(12)7(13)4-14-10/h2-4H,1H3. The van der Waals surface area contributed by atoms with Gasteiger partial charge in [-0.25, -0.2) is 0 Å². The van der Waals surface area contributed by atoms with Crippen LogP contribution in [0, 0.1) is 6.92 Å². The summed E-state index contributed by atoms with van der Waals surface area (Å²) in [4.78, 5) is 4.29. The lowest BCUT2D eigenvalue weighted by Crippen LogP contribution is -1.86. The molecule has 2 aromatic rings. The molecule has 0 aliphatic carbocycles. The fraction of sp³-hybridized carbons (Fsp3) is 0.100. The predicted octanol–water partition coefficient (Wildman–Crippen LogP) is 4.72. The van der Waals surface area contributed by atoms with E-state index >= 15 is 0 Å². The van der Waals surface area contributed by atoms with Crippen LogP contribution in [0.4, 0.5) is 0 Å². The average molecular weight is 335 g/mol. The Hall–Kier alpha value is -0.120. The molecule has 1 heterocycles. The molecule has 0 radical (unpaired) electrons. The van der Waals surface area contributed by atoms with Gasteiger partial charge >= 0.3 is 0 Å². The molecular formula is C10H6Br2ClN. The molecule has 0 saturated carbocycles. The molecule has 1 nitrogen and oxygen atoms in total. The average Bonchev–Trinajstić information content (AvgIpc) is 2.16. The van der Waals surface area contributed by atoms with E-state index in [1.54, 1.807) is 6.20 Å². The van der Waals surface area contributed by atoms with Crippen molar-refractivity contribution < 1.29 is 0 Å². The zero-order chi connectivity index (χ0) is 10.3. The van der Waals surface area contributed by atoms with Crippen LogP contribution in [0.15, 0.2) is 27.3 Å². The summed E-state index contributed by atoms with van der Waals surface area (Å²) in [6.45, 7) is 2.04. The van der Waals surface area contributed by atoms with Gasteiger partial charge in [0.15, 0.2) is 0 Å². The number of nitrogens with zero attached hydrogens (tertiary/aromatic N) is 1. The van der Waals surface area contributed by atoms with Gasteiger partial charge in [-0.15, -0.1) is 0 Å². The minimum Gasteiger partial charge on any atom is -0.253 e. The molecule has 2 rings (SSSR count). The first kappa shape index (κ1) is 10.4. The zero-order valence-electron chi connectivity index (χ0n) is 7.31. The van der Waals surface area contributed by atoms with Crippen molar-refractivity contribution in [2.45, 2.75) is 6.92 Å². The molecule has 0 spiro atoms. The highest BCUT2D eigenvalue weighted by atomic mass is 79.9. The Kier molecular flexibility index (Phi) is 2.82. The molecule has 4 heteroatoms. The van der Waals surface area contributed by atoms with E-state index in [0.717, 1.165) is 25.4 Å². The third-order valence-electron chi connectivity index (χ3n) is 2.07. The van der Waals surface area contributed by atoms with Gasteiger partial charge < -0.3 is 0 Å². The fourth-order valence-corrected chi connectivity index (χ4v) is 2.55. The van der Waals surface area contributed by atoms with Gasteiger partial charge in [0.25, 0.3) is 0 Å². The number of fused-ring (bicyclic) bond motifs is 1. The van der Waals surface area contributed by atoms with E-state index < -0.39 is 0 Å². The summed E-state index contributed by atoms with van der Waals surface area (Å²) in [5.41, 5.74) is 2.09. The molecule has 14 heavy (non-hydrogen) atoms. The SMILES string of the molecule is Cc1ccc(Br)c2ncc(Cl)c(Br)c12. The number of aryl methyl sites for hydroxylation is 1. The second-order valence-corrected chi connectivity index (χ2v) is 5.06. The van der Waals surface area contributed by atoms with E-state index in [-0.39, 0.29) is 0 Å². The fourth-order valence-electron chi connectivity index (χ4n) is 1.37. The number of benzene rings is 1. The largest absolute Gasteiger partial charge is 0.253 e. The van der Waals surface area contributed by atoms with Crippen molar-refractivity contribution in [1.29, 1.82) is 0 Å². The van der Waals surface area contributed by atoms with E-state index in [0.29, 0.717) is 5.02 Å². The Morgan fingerprint density at radius 3 is 2.71 bits per heavy atom. The van der Waals surface area contributed by atoms with Crippen LogP contribution in [-0.4, -0.2) is 4.98 Å². The van der Waals surface area contributed by atoms with Gasteiger partial charge in [-0.05, 0) is 50.4 Å². The number of hydrogen-bond donors (Lipinski definition) is 0. The molecule has 1 aromatic carbocycles. The number of halogens is 3. The first-order chi connectivity index (χ1) is 6.61. The van der Waals surface area contributed by atoms with Crippen LogP contribution in [-0.2, 0) is 0 Å². The van der Waals surface area contributed by atoms with E-state index in [1.807, 2.05) is 19.1 Å². The number of hydrogen-bond acceptors (Lipinski definition) is 1. The second kappa shape index (κ2) is 3.80. The van der Waals surface area contributed by atoms with Crippen molar-refractivity contribution in [3.63, 3.8) is 0 Å². The van der Waals surface area contributed by atoms with E-state index in [1.165, 1.54) is 0 Å². The summed E-state index contributed by atoms with van der Waals surface area (Å²) in [7, 11) is 0. The number of aromatic nitrogens is 1. The van der Waals surface area contributed by atoms with Crippen molar-refractivity contribution in [3.8, 4) is 0 Å². The Bertz CT molecular complexity index is 511. The maximum atomic E-state index is 5.99. The van der Waals surface area contributed by atoms with Gasteiger partial charge in [-0.1, -0.05) is 17.7 Å². The van der Waals surface area contributed by atoms with Crippen LogP contribution < -0.4 is 0 Å². The van der Waals surface area contributed by atoms with E-state index in [2.05, 4.69) is 36.8 Å². The quantitative estimate of drug-likeness (QED) is 0.679. The van der Waals surface area contributed by atoms with Crippen LogP contribution in [0.1, 0.15) is 5.56 Å². The van der Waals surface area contributed by atoms with E-state index in [9.17, 15) is 0 Å². The Balaban J connectivity index is 3.01. The molecule has 0 fully saturated rings. The van der Waals surface area contributed by atoms with Crippen LogP contribution in [0.3, 0.4) is 0 Å².